The standard InChI is InChI=1S/C18H26ClNO3/c1-4-14-7-6-8-15(5-2)18(14)20(16(21)11-19)12-17-22-10-9-13(3)23-17/h6-8,13,17H,4-5,9-12H2,1-3H3. The van der Waals surface area contributed by atoms with Crippen LogP contribution < -0.4 is 4.90 Å². The number of anilines is 1. The molecule has 1 aliphatic heterocycles. The zero-order chi connectivity index (χ0) is 16.8. The van der Waals surface area contributed by atoms with Crippen molar-refractivity contribution in [1.82, 2.24) is 0 Å². The molecule has 1 aliphatic rings. The van der Waals surface area contributed by atoms with Crippen LogP contribution in [0, 0.1) is 0 Å². The first-order valence-electron chi connectivity index (χ1n) is 8.34. The highest BCUT2D eigenvalue weighted by molar-refractivity contribution is 6.29. The number of nitrogens with zero attached hydrogens (tertiary/aromatic N) is 1. The summed E-state index contributed by atoms with van der Waals surface area (Å²) in [5.74, 6) is -0.170. The van der Waals surface area contributed by atoms with E-state index in [0.29, 0.717) is 13.2 Å². The van der Waals surface area contributed by atoms with Crippen LogP contribution in [-0.4, -0.2) is 37.3 Å². The molecule has 2 unspecified atom stereocenters. The van der Waals surface area contributed by atoms with E-state index >= 15 is 0 Å². The molecule has 1 fully saturated rings. The summed E-state index contributed by atoms with van der Waals surface area (Å²) in [6, 6.07) is 6.17. The Balaban J connectivity index is 2.33. The Bertz CT molecular complexity index is 513. The molecule has 0 radical (unpaired) electrons. The molecule has 0 N–H and O–H groups in total. The zero-order valence-corrected chi connectivity index (χ0v) is 14.9. The summed E-state index contributed by atoms with van der Waals surface area (Å²) in [6.45, 7) is 7.25. The minimum atomic E-state index is -0.402. The molecule has 0 saturated carbocycles. The predicted molar refractivity (Wildman–Crippen MR) is 93.2 cm³/mol. The van der Waals surface area contributed by atoms with Crippen LogP contribution in [0.15, 0.2) is 18.2 Å². The topological polar surface area (TPSA) is 38.8 Å². The third kappa shape index (κ3) is 4.46. The summed E-state index contributed by atoms with van der Waals surface area (Å²) >= 11 is 5.86. The molecule has 1 heterocycles. The molecular weight excluding hydrogens is 314 g/mol. The van der Waals surface area contributed by atoms with Crippen molar-refractivity contribution in [2.24, 2.45) is 0 Å². The Labute approximate surface area is 143 Å². The van der Waals surface area contributed by atoms with Crippen molar-refractivity contribution in [3.05, 3.63) is 29.3 Å². The largest absolute Gasteiger partial charge is 0.351 e. The van der Waals surface area contributed by atoms with Gasteiger partial charge in [0.2, 0.25) is 5.91 Å². The Hall–Kier alpha value is -1.10. The minimum Gasteiger partial charge on any atom is -0.351 e. The second kappa shape index (κ2) is 8.67. The van der Waals surface area contributed by atoms with Crippen LogP contribution >= 0.6 is 11.6 Å². The summed E-state index contributed by atoms with van der Waals surface area (Å²) in [5, 5.41) is 0. The van der Waals surface area contributed by atoms with Gasteiger partial charge in [0.15, 0.2) is 6.29 Å². The third-order valence-electron chi connectivity index (χ3n) is 4.19. The monoisotopic (exact) mass is 339 g/mol. The van der Waals surface area contributed by atoms with E-state index in [4.69, 9.17) is 21.1 Å². The number of hydrogen-bond acceptors (Lipinski definition) is 3. The molecular formula is C18H26ClNO3. The van der Waals surface area contributed by atoms with Gasteiger partial charge in [0, 0.05) is 0 Å². The second-order valence-electron chi connectivity index (χ2n) is 5.81. The van der Waals surface area contributed by atoms with Gasteiger partial charge in [-0.15, -0.1) is 11.6 Å². The summed E-state index contributed by atoms with van der Waals surface area (Å²) in [5.41, 5.74) is 3.26. The zero-order valence-electron chi connectivity index (χ0n) is 14.2. The van der Waals surface area contributed by atoms with Gasteiger partial charge in [0.25, 0.3) is 0 Å². The second-order valence-corrected chi connectivity index (χ2v) is 6.07. The Morgan fingerprint density at radius 1 is 1.30 bits per heavy atom. The van der Waals surface area contributed by atoms with Crippen LogP contribution in [0.4, 0.5) is 5.69 Å². The van der Waals surface area contributed by atoms with Gasteiger partial charge >= 0.3 is 0 Å². The molecule has 23 heavy (non-hydrogen) atoms. The number of alkyl halides is 1. The highest BCUT2D eigenvalue weighted by atomic mass is 35.5. The van der Waals surface area contributed by atoms with E-state index in [1.807, 2.05) is 13.0 Å². The first kappa shape index (κ1) is 18.2. The number of aryl methyl sites for hydroxylation is 2. The summed E-state index contributed by atoms with van der Waals surface area (Å²) < 4.78 is 11.5. The van der Waals surface area contributed by atoms with Crippen molar-refractivity contribution >= 4 is 23.2 Å². The van der Waals surface area contributed by atoms with Gasteiger partial charge in [-0.3, -0.25) is 4.79 Å². The van der Waals surface area contributed by atoms with Crippen LogP contribution in [0.5, 0.6) is 0 Å². The van der Waals surface area contributed by atoms with Crippen LogP contribution in [0.3, 0.4) is 0 Å². The first-order chi connectivity index (χ1) is 11.1. The molecule has 4 nitrogen and oxygen atoms in total. The molecule has 0 aliphatic carbocycles. The summed E-state index contributed by atoms with van der Waals surface area (Å²) in [4.78, 5) is 14.2. The molecule has 1 aromatic carbocycles. The molecule has 0 aromatic heterocycles. The lowest BCUT2D eigenvalue weighted by Crippen LogP contribution is -2.44. The predicted octanol–water partition coefficient (Wildman–Crippen LogP) is 3.53. The van der Waals surface area contributed by atoms with Crippen molar-refractivity contribution in [1.29, 1.82) is 0 Å². The molecule has 5 heteroatoms. The normalized spacial score (nSPS) is 21.2. The average Bonchev–Trinajstić information content (AvgIpc) is 2.58. The van der Waals surface area contributed by atoms with E-state index in [1.165, 1.54) is 0 Å². The quantitative estimate of drug-likeness (QED) is 0.744. The number of benzene rings is 1. The van der Waals surface area contributed by atoms with E-state index in [2.05, 4.69) is 26.0 Å². The van der Waals surface area contributed by atoms with E-state index in [1.54, 1.807) is 4.90 Å². The lowest BCUT2D eigenvalue weighted by Gasteiger charge is -2.34. The first-order valence-corrected chi connectivity index (χ1v) is 8.88. The fourth-order valence-corrected chi connectivity index (χ4v) is 3.07. The van der Waals surface area contributed by atoms with Crippen LogP contribution in [0.25, 0.3) is 0 Å². The van der Waals surface area contributed by atoms with Crippen molar-refractivity contribution in [3.63, 3.8) is 0 Å². The number of hydrogen-bond donors (Lipinski definition) is 0. The number of rotatable bonds is 6. The molecule has 0 spiro atoms. The third-order valence-corrected chi connectivity index (χ3v) is 4.42. The lowest BCUT2D eigenvalue weighted by molar-refractivity contribution is -0.202. The van der Waals surface area contributed by atoms with Gasteiger partial charge in [-0.1, -0.05) is 32.0 Å². The molecule has 1 aromatic rings. The fourth-order valence-electron chi connectivity index (χ4n) is 2.93. The molecule has 128 valence electrons. The highest BCUT2D eigenvalue weighted by Gasteiger charge is 2.27. The van der Waals surface area contributed by atoms with Gasteiger partial charge < -0.3 is 14.4 Å². The Morgan fingerprint density at radius 3 is 2.48 bits per heavy atom. The van der Waals surface area contributed by atoms with Gasteiger partial charge in [0.1, 0.15) is 5.88 Å². The van der Waals surface area contributed by atoms with Gasteiger partial charge in [-0.25, -0.2) is 0 Å². The SMILES string of the molecule is CCc1cccc(CC)c1N(CC1OCCC(C)O1)C(=O)CCl. The maximum atomic E-state index is 12.5. The van der Waals surface area contributed by atoms with Crippen molar-refractivity contribution in [3.8, 4) is 0 Å². The summed E-state index contributed by atoms with van der Waals surface area (Å²) in [6.07, 6.45) is 2.34. The molecule has 2 atom stereocenters. The molecule has 0 bridgehead atoms. The van der Waals surface area contributed by atoms with Crippen LogP contribution in [0.2, 0.25) is 0 Å². The minimum absolute atomic E-state index is 0.0521. The lowest BCUT2D eigenvalue weighted by atomic mass is 10.0. The Kier molecular flexibility index (Phi) is 6.88. The number of ether oxygens (including phenoxy) is 2. The smallest absolute Gasteiger partial charge is 0.242 e. The maximum Gasteiger partial charge on any atom is 0.242 e. The van der Waals surface area contributed by atoms with Gasteiger partial charge in [-0.2, -0.15) is 0 Å². The average molecular weight is 340 g/mol. The maximum absolute atomic E-state index is 12.5. The van der Waals surface area contributed by atoms with E-state index in [-0.39, 0.29) is 17.9 Å². The molecule has 2 rings (SSSR count). The number of amides is 1. The van der Waals surface area contributed by atoms with Crippen molar-refractivity contribution in [2.75, 3.05) is 23.9 Å². The van der Waals surface area contributed by atoms with Crippen LogP contribution in [0.1, 0.15) is 38.3 Å². The van der Waals surface area contributed by atoms with E-state index in [0.717, 1.165) is 36.1 Å². The fraction of sp³-hybridized carbons (Fsp3) is 0.611. The van der Waals surface area contributed by atoms with Gasteiger partial charge in [0.05, 0.1) is 24.9 Å². The number of carbonyl (C=O) groups is 1. The van der Waals surface area contributed by atoms with E-state index < -0.39 is 6.29 Å². The van der Waals surface area contributed by atoms with Gasteiger partial charge in [-0.05, 0) is 37.3 Å². The summed E-state index contributed by atoms with van der Waals surface area (Å²) in [7, 11) is 0. The van der Waals surface area contributed by atoms with Crippen molar-refractivity contribution < 1.29 is 14.3 Å². The van der Waals surface area contributed by atoms with Crippen LogP contribution in [-0.2, 0) is 27.1 Å². The Morgan fingerprint density at radius 2 is 1.96 bits per heavy atom. The number of para-hydroxylation sites is 1. The number of carbonyl (C=O) groups excluding carboxylic acids is 1. The number of halogens is 1. The highest BCUT2D eigenvalue weighted by Crippen LogP contribution is 2.28. The van der Waals surface area contributed by atoms with Crippen molar-refractivity contribution in [2.45, 2.75) is 52.4 Å². The van der Waals surface area contributed by atoms with E-state index in [9.17, 15) is 4.79 Å². The molecule has 1 amide bonds. The molecule has 1 saturated heterocycles.